The highest BCUT2D eigenvalue weighted by molar-refractivity contribution is 6.02. The van der Waals surface area contributed by atoms with Gasteiger partial charge in [0.1, 0.15) is 5.75 Å². The molecule has 1 aliphatic heterocycles. The fraction of sp³-hybridized carbons (Fsp3) is 0.652. The van der Waals surface area contributed by atoms with Crippen molar-refractivity contribution in [2.24, 2.45) is 0 Å². The maximum Gasteiger partial charge on any atom is 0.270 e. The van der Waals surface area contributed by atoms with Crippen LogP contribution in [0.25, 0.3) is 0 Å². The number of unbranched alkanes of at least 4 members (excludes halogenated alkanes) is 7. The van der Waals surface area contributed by atoms with Gasteiger partial charge >= 0.3 is 0 Å². The standard InChI is InChI=1S/C23H36N2O3/c1-4-5-6-7-8-9-10-13-17-24-21(26)16-18-25-19-14-11-12-15-20(19)28-23(2,3)22(25)27/h11-12,14-15H,4-10,13,16-18H2,1-3H3,(H,24,26). The number of benzene rings is 1. The molecule has 0 fully saturated rings. The lowest BCUT2D eigenvalue weighted by molar-refractivity contribution is -0.132. The second kappa shape index (κ2) is 11.1. The minimum Gasteiger partial charge on any atom is -0.476 e. The molecule has 5 heteroatoms. The fourth-order valence-corrected chi connectivity index (χ4v) is 3.53. The predicted molar refractivity (Wildman–Crippen MR) is 114 cm³/mol. The summed E-state index contributed by atoms with van der Waals surface area (Å²) >= 11 is 0. The molecule has 5 nitrogen and oxygen atoms in total. The lowest BCUT2D eigenvalue weighted by atomic mass is 10.0. The third-order valence-electron chi connectivity index (χ3n) is 5.20. The van der Waals surface area contributed by atoms with E-state index in [1.807, 2.05) is 24.3 Å². The molecule has 156 valence electrons. The number of fused-ring (bicyclic) bond motifs is 1. The second-order valence-electron chi connectivity index (χ2n) is 8.11. The summed E-state index contributed by atoms with van der Waals surface area (Å²) in [5.74, 6) is 0.575. The van der Waals surface area contributed by atoms with Gasteiger partial charge in [-0.25, -0.2) is 0 Å². The lowest BCUT2D eigenvalue weighted by Crippen LogP contribution is -2.53. The molecular formula is C23H36N2O3. The Morgan fingerprint density at radius 1 is 1.04 bits per heavy atom. The van der Waals surface area contributed by atoms with E-state index < -0.39 is 5.60 Å². The van der Waals surface area contributed by atoms with Crippen LogP contribution in [-0.2, 0) is 9.59 Å². The number of carbonyl (C=O) groups is 2. The molecule has 0 unspecified atom stereocenters. The molecule has 0 aromatic heterocycles. The van der Waals surface area contributed by atoms with Gasteiger partial charge in [0.25, 0.3) is 5.91 Å². The number of ether oxygens (including phenoxy) is 1. The Bertz CT molecular complexity index is 642. The maximum absolute atomic E-state index is 12.7. The van der Waals surface area contributed by atoms with Crippen LogP contribution >= 0.6 is 0 Å². The van der Waals surface area contributed by atoms with Crippen LogP contribution in [0.1, 0.15) is 78.6 Å². The van der Waals surface area contributed by atoms with Crippen LogP contribution < -0.4 is 15.0 Å². The van der Waals surface area contributed by atoms with Gasteiger partial charge in [-0.05, 0) is 32.4 Å². The molecule has 2 rings (SSSR count). The molecule has 0 atom stereocenters. The zero-order valence-corrected chi connectivity index (χ0v) is 17.8. The van der Waals surface area contributed by atoms with Crippen LogP contribution in [0.5, 0.6) is 5.75 Å². The van der Waals surface area contributed by atoms with Crippen LogP contribution in [0, 0.1) is 0 Å². The summed E-state index contributed by atoms with van der Waals surface area (Å²) in [6.45, 7) is 6.84. The van der Waals surface area contributed by atoms with E-state index in [2.05, 4.69) is 12.2 Å². The van der Waals surface area contributed by atoms with Crippen molar-refractivity contribution >= 4 is 17.5 Å². The van der Waals surface area contributed by atoms with Crippen LogP contribution in [0.3, 0.4) is 0 Å². The van der Waals surface area contributed by atoms with E-state index in [1.54, 1.807) is 18.7 Å². The zero-order chi connectivity index (χ0) is 20.4. The monoisotopic (exact) mass is 388 g/mol. The number of para-hydroxylation sites is 2. The first-order valence-electron chi connectivity index (χ1n) is 10.8. The highest BCUT2D eigenvalue weighted by atomic mass is 16.5. The Morgan fingerprint density at radius 3 is 2.39 bits per heavy atom. The van der Waals surface area contributed by atoms with Gasteiger partial charge in [0.05, 0.1) is 5.69 Å². The van der Waals surface area contributed by atoms with Crippen LogP contribution in [0.2, 0.25) is 0 Å². The maximum atomic E-state index is 12.7. The molecule has 2 amide bonds. The van der Waals surface area contributed by atoms with Crippen molar-refractivity contribution < 1.29 is 14.3 Å². The molecule has 0 bridgehead atoms. The summed E-state index contributed by atoms with van der Waals surface area (Å²) in [7, 11) is 0. The number of rotatable bonds is 12. The Balaban J connectivity index is 1.69. The van der Waals surface area contributed by atoms with Crippen molar-refractivity contribution in [1.29, 1.82) is 0 Å². The Kier molecular flexibility index (Phi) is 8.81. The molecule has 1 aromatic rings. The van der Waals surface area contributed by atoms with Crippen molar-refractivity contribution in [3.8, 4) is 5.75 Å². The van der Waals surface area contributed by atoms with Gasteiger partial charge in [-0.3, -0.25) is 9.59 Å². The van der Waals surface area contributed by atoms with Crippen molar-refractivity contribution in [3.63, 3.8) is 0 Å². The highest BCUT2D eigenvalue weighted by Crippen LogP contribution is 2.37. The summed E-state index contributed by atoms with van der Waals surface area (Å²) in [5.41, 5.74) is -0.176. The van der Waals surface area contributed by atoms with E-state index in [4.69, 9.17) is 4.74 Å². The smallest absolute Gasteiger partial charge is 0.270 e. The van der Waals surface area contributed by atoms with Gasteiger partial charge < -0.3 is 15.0 Å². The molecule has 1 heterocycles. The van der Waals surface area contributed by atoms with E-state index in [0.29, 0.717) is 25.3 Å². The molecule has 1 aromatic carbocycles. The first-order valence-corrected chi connectivity index (χ1v) is 10.8. The first-order chi connectivity index (χ1) is 13.5. The van der Waals surface area contributed by atoms with Gasteiger partial charge in [-0.2, -0.15) is 0 Å². The second-order valence-corrected chi connectivity index (χ2v) is 8.11. The van der Waals surface area contributed by atoms with E-state index in [-0.39, 0.29) is 11.8 Å². The quantitative estimate of drug-likeness (QED) is 0.521. The number of hydrogen-bond acceptors (Lipinski definition) is 3. The van der Waals surface area contributed by atoms with Crippen molar-refractivity contribution in [3.05, 3.63) is 24.3 Å². The number of nitrogens with one attached hydrogen (secondary N) is 1. The minimum absolute atomic E-state index is 0.00229. The van der Waals surface area contributed by atoms with Gasteiger partial charge in [-0.15, -0.1) is 0 Å². The van der Waals surface area contributed by atoms with E-state index >= 15 is 0 Å². The Labute approximate surface area is 169 Å². The molecule has 1 N–H and O–H groups in total. The van der Waals surface area contributed by atoms with Gasteiger partial charge in [0.15, 0.2) is 5.60 Å². The molecule has 0 radical (unpaired) electrons. The number of hydrogen-bond donors (Lipinski definition) is 1. The molecule has 0 spiro atoms. The third-order valence-corrected chi connectivity index (χ3v) is 5.20. The number of nitrogens with zero attached hydrogens (tertiary/aromatic N) is 1. The van der Waals surface area contributed by atoms with Gasteiger partial charge in [-0.1, -0.05) is 64.0 Å². The summed E-state index contributed by atoms with van der Waals surface area (Å²) in [6.07, 6.45) is 10.3. The minimum atomic E-state index is -0.915. The zero-order valence-electron chi connectivity index (χ0n) is 17.8. The normalized spacial score (nSPS) is 15.1. The van der Waals surface area contributed by atoms with Gasteiger partial charge in [0, 0.05) is 19.5 Å². The SMILES string of the molecule is CCCCCCCCCCNC(=O)CCN1C(=O)C(C)(C)Oc2ccccc21. The summed E-state index contributed by atoms with van der Waals surface area (Å²) in [6, 6.07) is 7.49. The van der Waals surface area contributed by atoms with Crippen molar-refractivity contribution in [1.82, 2.24) is 5.32 Å². The predicted octanol–water partition coefficient (Wildman–Crippen LogP) is 4.84. The lowest BCUT2D eigenvalue weighted by Gasteiger charge is -2.38. The van der Waals surface area contributed by atoms with Crippen molar-refractivity contribution in [2.45, 2.75) is 84.2 Å². The number of carbonyl (C=O) groups excluding carboxylic acids is 2. The molecule has 1 aliphatic rings. The number of anilines is 1. The average molecular weight is 389 g/mol. The molecule has 0 saturated heterocycles. The summed E-state index contributed by atoms with van der Waals surface area (Å²) in [5, 5.41) is 2.98. The highest BCUT2D eigenvalue weighted by Gasteiger charge is 2.40. The topological polar surface area (TPSA) is 58.6 Å². The van der Waals surface area contributed by atoms with E-state index in [0.717, 1.165) is 18.5 Å². The largest absolute Gasteiger partial charge is 0.476 e. The summed E-state index contributed by atoms with van der Waals surface area (Å²) in [4.78, 5) is 26.6. The Morgan fingerprint density at radius 2 is 1.68 bits per heavy atom. The van der Waals surface area contributed by atoms with E-state index in [9.17, 15) is 9.59 Å². The Hall–Kier alpha value is -2.04. The number of amides is 2. The first kappa shape index (κ1) is 22.3. The molecule has 28 heavy (non-hydrogen) atoms. The van der Waals surface area contributed by atoms with Crippen LogP contribution in [0.15, 0.2) is 24.3 Å². The average Bonchev–Trinajstić information content (AvgIpc) is 2.67. The molecular weight excluding hydrogens is 352 g/mol. The van der Waals surface area contributed by atoms with Crippen LogP contribution in [0.4, 0.5) is 5.69 Å². The van der Waals surface area contributed by atoms with Crippen LogP contribution in [-0.4, -0.2) is 30.5 Å². The van der Waals surface area contributed by atoms with Gasteiger partial charge in [0.2, 0.25) is 5.91 Å². The molecule has 0 saturated carbocycles. The fourth-order valence-electron chi connectivity index (χ4n) is 3.53. The molecule has 0 aliphatic carbocycles. The van der Waals surface area contributed by atoms with Crippen molar-refractivity contribution in [2.75, 3.05) is 18.0 Å². The third kappa shape index (κ3) is 6.54. The van der Waals surface area contributed by atoms with E-state index in [1.165, 1.54) is 38.5 Å². The summed E-state index contributed by atoms with van der Waals surface area (Å²) < 4.78 is 5.81.